The number of aromatic nitrogens is 4. The van der Waals surface area contributed by atoms with Crippen LogP contribution in [-0.2, 0) is 13.6 Å². The number of nitrogens with one attached hydrogen (secondary N) is 1. The van der Waals surface area contributed by atoms with Gasteiger partial charge in [0.25, 0.3) is 0 Å². The van der Waals surface area contributed by atoms with Gasteiger partial charge in [0.2, 0.25) is 0 Å². The van der Waals surface area contributed by atoms with Gasteiger partial charge in [-0.3, -0.25) is 4.68 Å². The highest BCUT2D eigenvalue weighted by Gasteiger charge is 2.07. The van der Waals surface area contributed by atoms with E-state index in [1.165, 1.54) is 12.4 Å². The van der Waals surface area contributed by atoms with Crippen molar-refractivity contribution in [2.75, 3.05) is 5.32 Å². The van der Waals surface area contributed by atoms with E-state index in [4.69, 9.17) is 0 Å². The molecule has 2 aromatic heterocycles. The highest BCUT2D eigenvalue weighted by Crippen LogP contribution is 2.19. The molecular weight excluding hydrogens is 257 g/mol. The molecule has 102 valence electrons. The van der Waals surface area contributed by atoms with Crippen molar-refractivity contribution in [3.8, 4) is 0 Å². The zero-order valence-electron chi connectivity index (χ0n) is 11.3. The lowest BCUT2D eigenvalue weighted by Crippen LogP contribution is -2.03. The second-order valence-corrected chi connectivity index (χ2v) is 4.66. The molecule has 1 N–H and O–H groups in total. The first-order valence-electron chi connectivity index (χ1n) is 6.27. The maximum Gasteiger partial charge on any atom is 0.163 e. The number of nitrogens with zero attached hydrogens (tertiary/aromatic N) is 4. The number of benzene rings is 1. The summed E-state index contributed by atoms with van der Waals surface area (Å²) in [4.78, 5) is 8.38. The molecule has 0 amide bonds. The van der Waals surface area contributed by atoms with Crippen LogP contribution in [0.5, 0.6) is 0 Å². The van der Waals surface area contributed by atoms with E-state index in [1.807, 2.05) is 13.1 Å². The van der Waals surface area contributed by atoms with Crippen LogP contribution in [0.4, 0.5) is 10.2 Å². The summed E-state index contributed by atoms with van der Waals surface area (Å²) < 4.78 is 15.2. The maximum absolute atomic E-state index is 13.5. The first-order chi connectivity index (χ1) is 9.65. The molecule has 5 nitrogen and oxygen atoms in total. The smallest absolute Gasteiger partial charge is 0.163 e. The molecular formula is C14H14FN5. The molecule has 3 rings (SSSR count). The van der Waals surface area contributed by atoms with E-state index in [-0.39, 0.29) is 5.82 Å². The fraction of sp³-hybridized carbons (Fsp3) is 0.214. The minimum Gasteiger partial charge on any atom is -0.365 e. The van der Waals surface area contributed by atoms with Crippen LogP contribution in [0.1, 0.15) is 11.1 Å². The number of fused-ring (bicyclic) bond motifs is 1. The summed E-state index contributed by atoms with van der Waals surface area (Å²) in [5, 5.41) is 8.19. The Hall–Kier alpha value is -2.50. The van der Waals surface area contributed by atoms with Crippen molar-refractivity contribution >= 4 is 16.9 Å². The van der Waals surface area contributed by atoms with Crippen molar-refractivity contribution in [1.29, 1.82) is 0 Å². The molecule has 1 aromatic carbocycles. The zero-order valence-corrected chi connectivity index (χ0v) is 11.3. The van der Waals surface area contributed by atoms with Crippen LogP contribution < -0.4 is 5.32 Å². The molecule has 0 saturated carbocycles. The Morgan fingerprint density at radius 1 is 1.30 bits per heavy atom. The third kappa shape index (κ3) is 2.20. The summed E-state index contributed by atoms with van der Waals surface area (Å²) in [5.41, 5.74) is 2.27. The first-order valence-corrected chi connectivity index (χ1v) is 6.27. The molecule has 0 spiro atoms. The molecule has 0 radical (unpaired) electrons. The molecule has 2 heterocycles. The van der Waals surface area contributed by atoms with Gasteiger partial charge in [-0.05, 0) is 24.1 Å². The van der Waals surface area contributed by atoms with Crippen molar-refractivity contribution in [2.24, 2.45) is 7.05 Å². The molecule has 20 heavy (non-hydrogen) atoms. The number of rotatable bonds is 3. The number of hydrogen-bond acceptors (Lipinski definition) is 4. The molecule has 0 bridgehead atoms. The third-order valence-electron chi connectivity index (χ3n) is 3.23. The van der Waals surface area contributed by atoms with Crippen molar-refractivity contribution in [2.45, 2.75) is 13.5 Å². The highest BCUT2D eigenvalue weighted by atomic mass is 19.1. The van der Waals surface area contributed by atoms with E-state index in [2.05, 4.69) is 20.4 Å². The monoisotopic (exact) mass is 271 g/mol. The lowest BCUT2D eigenvalue weighted by Gasteiger charge is -2.07. The number of halogens is 1. The summed E-state index contributed by atoms with van der Waals surface area (Å²) in [6, 6.07) is 5.20. The van der Waals surface area contributed by atoms with Gasteiger partial charge in [0.05, 0.1) is 11.6 Å². The van der Waals surface area contributed by atoms with Gasteiger partial charge >= 0.3 is 0 Å². The highest BCUT2D eigenvalue weighted by molar-refractivity contribution is 5.85. The van der Waals surface area contributed by atoms with Crippen molar-refractivity contribution in [1.82, 2.24) is 19.7 Å². The quantitative estimate of drug-likeness (QED) is 0.795. The summed E-state index contributed by atoms with van der Waals surface area (Å²) in [5.74, 6) is 0.502. The molecule has 0 atom stereocenters. The van der Waals surface area contributed by atoms with E-state index >= 15 is 0 Å². The molecule has 3 aromatic rings. The van der Waals surface area contributed by atoms with E-state index in [0.717, 1.165) is 16.6 Å². The van der Waals surface area contributed by atoms with Crippen LogP contribution in [0, 0.1) is 12.7 Å². The van der Waals surface area contributed by atoms with E-state index in [9.17, 15) is 4.39 Å². The Morgan fingerprint density at radius 2 is 2.15 bits per heavy atom. The van der Waals surface area contributed by atoms with Crippen LogP contribution >= 0.6 is 0 Å². The van der Waals surface area contributed by atoms with Crippen LogP contribution in [0.3, 0.4) is 0 Å². The van der Waals surface area contributed by atoms with Gasteiger partial charge in [-0.15, -0.1) is 0 Å². The summed E-state index contributed by atoms with van der Waals surface area (Å²) in [7, 11) is 1.83. The summed E-state index contributed by atoms with van der Waals surface area (Å²) >= 11 is 0. The Kier molecular flexibility index (Phi) is 3.06. The zero-order chi connectivity index (χ0) is 14.1. The van der Waals surface area contributed by atoms with Crippen molar-refractivity contribution in [3.63, 3.8) is 0 Å². The Bertz CT molecular complexity index is 765. The molecule has 0 unspecified atom stereocenters. The lowest BCUT2D eigenvalue weighted by atomic mass is 10.1. The van der Waals surface area contributed by atoms with Gasteiger partial charge < -0.3 is 5.32 Å². The van der Waals surface area contributed by atoms with Gasteiger partial charge in [0, 0.05) is 13.6 Å². The predicted octanol–water partition coefficient (Wildman–Crippen LogP) is 2.42. The summed E-state index contributed by atoms with van der Waals surface area (Å²) in [6.07, 6.45) is 3.20. The fourth-order valence-corrected chi connectivity index (χ4v) is 2.04. The maximum atomic E-state index is 13.5. The fourth-order valence-electron chi connectivity index (χ4n) is 2.04. The molecule has 0 aliphatic rings. The minimum atomic E-state index is -0.196. The average molecular weight is 271 g/mol. The Balaban J connectivity index is 1.85. The van der Waals surface area contributed by atoms with E-state index < -0.39 is 0 Å². The third-order valence-corrected chi connectivity index (χ3v) is 3.23. The van der Waals surface area contributed by atoms with Gasteiger partial charge in [0.15, 0.2) is 5.65 Å². The normalized spacial score (nSPS) is 10.9. The molecule has 0 saturated heterocycles. The van der Waals surface area contributed by atoms with Gasteiger partial charge in [-0.25, -0.2) is 14.4 Å². The number of aryl methyl sites for hydroxylation is 2. The minimum absolute atomic E-state index is 0.196. The second-order valence-electron chi connectivity index (χ2n) is 4.66. The van der Waals surface area contributed by atoms with E-state index in [1.54, 1.807) is 23.9 Å². The van der Waals surface area contributed by atoms with Crippen LogP contribution in [0.2, 0.25) is 0 Å². The number of hydrogen-bond donors (Lipinski definition) is 1. The standard InChI is InChI=1S/C14H14FN5/c1-9-3-4-10(5-12(9)15)6-16-13-11-7-19-20(2)14(11)18-8-17-13/h3-5,7-8H,6H2,1-2H3,(H,16,17,18). The van der Waals surface area contributed by atoms with Gasteiger partial charge in [0.1, 0.15) is 18.0 Å². The van der Waals surface area contributed by atoms with Crippen molar-refractivity contribution in [3.05, 3.63) is 47.7 Å². The van der Waals surface area contributed by atoms with Crippen LogP contribution in [0.15, 0.2) is 30.7 Å². The Labute approximate surface area is 115 Å². The molecule has 0 aliphatic heterocycles. The molecule has 0 fully saturated rings. The van der Waals surface area contributed by atoms with Crippen LogP contribution in [-0.4, -0.2) is 19.7 Å². The van der Waals surface area contributed by atoms with Crippen LogP contribution in [0.25, 0.3) is 11.0 Å². The first kappa shape index (κ1) is 12.5. The number of anilines is 1. The second kappa shape index (κ2) is 4.88. The Morgan fingerprint density at radius 3 is 2.95 bits per heavy atom. The topological polar surface area (TPSA) is 55.6 Å². The van der Waals surface area contributed by atoms with E-state index in [0.29, 0.717) is 17.9 Å². The molecule has 0 aliphatic carbocycles. The van der Waals surface area contributed by atoms with Gasteiger partial charge in [-0.1, -0.05) is 12.1 Å². The van der Waals surface area contributed by atoms with Crippen molar-refractivity contribution < 1.29 is 4.39 Å². The van der Waals surface area contributed by atoms with Gasteiger partial charge in [-0.2, -0.15) is 5.10 Å². The average Bonchev–Trinajstić information content (AvgIpc) is 2.83. The lowest BCUT2D eigenvalue weighted by molar-refractivity contribution is 0.616. The largest absolute Gasteiger partial charge is 0.365 e. The summed E-state index contributed by atoms with van der Waals surface area (Å²) in [6.45, 7) is 2.24. The predicted molar refractivity (Wildman–Crippen MR) is 74.8 cm³/mol. The SMILES string of the molecule is Cc1ccc(CNc2ncnc3c2cnn3C)cc1F. The molecule has 6 heteroatoms.